The highest BCUT2D eigenvalue weighted by atomic mass is 32.2. The van der Waals surface area contributed by atoms with E-state index in [1.807, 2.05) is 17.0 Å². The molecule has 2 bridgehead atoms. The number of carbonyl (C=O) groups is 1. The van der Waals surface area contributed by atoms with Gasteiger partial charge in [0.25, 0.3) is 5.91 Å². The fourth-order valence-corrected chi connectivity index (χ4v) is 8.49. The van der Waals surface area contributed by atoms with Crippen molar-refractivity contribution in [2.75, 3.05) is 19.6 Å². The standard InChI is InChI=1S/C32H37F3N2O2S2/c33-32(34,35)25-12-10-22(11-13-25)27-19-24(7-3-1-4-14-36-15-5-2-6-16-36)28(39-27)20-29-30(38)37(31(40)41-29)26-18-21-8-9-23(26)17-21/h10-13,19-21,23,26H,1-9,14-18H2/b29-20-. The van der Waals surface area contributed by atoms with Crippen LogP contribution in [-0.4, -0.2) is 45.7 Å². The number of nitrogens with zero attached hydrogens (tertiary/aromatic N) is 2. The summed E-state index contributed by atoms with van der Waals surface area (Å²) >= 11 is 7.01. The number of hydrogen-bond donors (Lipinski definition) is 0. The third kappa shape index (κ3) is 6.47. The number of fused-ring (bicyclic) bond motifs is 2. The predicted molar refractivity (Wildman–Crippen MR) is 161 cm³/mol. The van der Waals surface area contributed by atoms with Crippen LogP contribution in [0.25, 0.3) is 17.4 Å². The second-order valence-electron chi connectivity index (χ2n) is 12.1. The van der Waals surface area contributed by atoms with Crippen molar-refractivity contribution in [2.45, 2.75) is 82.8 Å². The number of thioether (sulfide) groups is 1. The van der Waals surface area contributed by atoms with E-state index in [0.29, 0.717) is 38.1 Å². The van der Waals surface area contributed by atoms with Gasteiger partial charge in [-0.2, -0.15) is 13.2 Å². The molecule has 0 spiro atoms. The van der Waals surface area contributed by atoms with Crippen molar-refractivity contribution in [1.29, 1.82) is 0 Å². The molecule has 3 unspecified atom stereocenters. The number of likely N-dealkylation sites (tertiary alicyclic amines) is 1. The number of unbranched alkanes of at least 4 members (excludes halogenated alkanes) is 2. The highest BCUT2D eigenvalue weighted by Gasteiger charge is 2.48. The lowest BCUT2D eigenvalue weighted by molar-refractivity contribution is -0.137. The molecule has 6 rings (SSSR count). The molecule has 2 aliphatic carbocycles. The Kier molecular flexibility index (Phi) is 8.66. The van der Waals surface area contributed by atoms with Gasteiger partial charge >= 0.3 is 6.18 Å². The Bertz CT molecular complexity index is 1300. The maximum absolute atomic E-state index is 13.5. The molecular formula is C32H37F3N2O2S2. The van der Waals surface area contributed by atoms with E-state index >= 15 is 0 Å². The Morgan fingerprint density at radius 1 is 1.02 bits per heavy atom. The second-order valence-corrected chi connectivity index (χ2v) is 13.8. The minimum Gasteiger partial charge on any atom is -0.456 e. The van der Waals surface area contributed by atoms with E-state index in [0.717, 1.165) is 56.3 Å². The fraction of sp³-hybridized carbons (Fsp3) is 0.562. The Hall–Kier alpha value is -2.10. The number of aryl methyl sites for hydroxylation is 1. The van der Waals surface area contributed by atoms with E-state index in [9.17, 15) is 18.0 Å². The summed E-state index contributed by atoms with van der Waals surface area (Å²) in [5.41, 5.74) is 0.868. The van der Waals surface area contributed by atoms with Gasteiger partial charge in [0.05, 0.1) is 10.5 Å². The summed E-state index contributed by atoms with van der Waals surface area (Å²) in [5, 5.41) is 0. The predicted octanol–water partition coefficient (Wildman–Crippen LogP) is 8.55. The molecule has 3 atom stereocenters. The zero-order chi connectivity index (χ0) is 28.6. The van der Waals surface area contributed by atoms with Gasteiger partial charge in [-0.25, -0.2) is 0 Å². The summed E-state index contributed by atoms with van der Waals surface area (Å²) in [6, 6.07) is 7.18. The molecule has 1 aromatic carbocycles. The van der Waals surface area contributed by atoms with Crippen LogP contribution in [0.1, 0.15) is 81.1 Å². The number of amides is 1. The maximum atomic E-state index is 13.5. The number of benzene rings is 1. The molecular weight excluding hydrogens is 565 g/mol. The number of carbonyl (C=O) groups excluding carboxylic acids is 1. The molecule has 2 saturated carbocycles. The van der Waals surface area contributed by atoms with E-state index in [1.54, 1.807) is 0 Å². The lowest BCUT2D eigenvalue weighted by Gasteiger charge is -2.30. The van der Waals surface area contributed by atoms with Crippen LogP contribution in [0.5, 0.6) is 0 Å². The fourth-order valence-electron chi connectivity index (χ4n) is 7.15. The van der Waals surface area contributed by atoms with Crippen LogP contribution in [-0.2, 0) is 17.4 Å². The average Bonchev–Trinajstić information content (AvgIpc) is 3.74. The molecule has 2 aromatic rings. The van der Waals surface area contributed by atoms with E-state index in [1.165, 1.54) is 75.5 Å². The molecule has 1 amide bonds. The van der Waals surface area contributed by atoms with Crippen LogP contribution in [0.4, 0.5) is 13.2 Å². The first kappa shape index (κ1) is 29.0. The Labute approximate surface area is 249 Å². The average molecular weight is 603 g/mol. The van der Waals surface area contributed by atoms with Gasteiger partial charge in [0.15, 0.2) is 0 Å². The van der Waals surface area contributed by atoms with Crippen LogP contribution in [0.15, 0.2) is 39.7 Å². The minimum absolute atomic E-state index is 0.0440. The summed E-state index contributed by atoms with van der Waals surface area (Å²) in [5.74, 6) is 2.31. The topological polar surface area (TPSA) is 36.7 Å². The molecule has 9 heteroatoms. The normalized spacial score (nSPS) is 26.2. The summed E-state index contributed by atoms with van der Waals surface area (Å²) in [6.07, 6.45) is 9.97. The highest BCUT2D eigenvalue weighted by molar-refractivity contribution is 8.26. The zero-order valence-electron chi connectivity index (χ0n) is 23.3. The molecule has 1 aromatic heterocycles. The van der Waals surface area contributed by atoms with Gasteiger partial charge in [-0.15, -0.1) is 0 Å². The zero-order valence-corrected chi connectivity index (χ0v) is 24.9. The van der Waals surface area contributed by atoms with Gasteiger partial charge in [0, 0.05) is 17.7 Å². The first-order chi connectivity index (χ1) is 19.8. The first-order valence-corrected chi connectivity index (χ1v) is 16.3. The number of thiocarbonyl (C=S) groups is 1. The number of alkyl halides is 3. The summed E-state index contributed by atoms with van der Waals surface area (Å²) < 4.78 is 46.2. The number of furan rings is 1. The van der Waals surface area contributed by atoms with Crippen molar-refractivity contribution in [3.63, 3.8) is 0 Å². The Morgan fingerprint density at radius 3 is 2.49 bits per heavy atom. The molecule has 2 aliphatic heterocycles. The SMILES string of the molecule is O=C1/C(=C/c2oc(-c3ccc(C(F)(F)F)cc3)cc2CCCCCN2CCCCC2)SC(=S)N1C1CC2CCC1C2. The van der Waals surface area contributed by atoms with Gasteiger partial charge in [-0.3, -0.25) is 9.69 Å². The molecule has 4 fully saturated rings. The van der Waals surface area contributed by atoms with Crippen LogP contribution < -0.4 is 0 Å². The van der Waals surface area contributed by atoms with Gasteiger partial charge in [-0.1, -0.05) is 55.4 Å². The first-order valence-electron chi connectivity index (χ1n) is 15.1. The maximum Gasteiger partial charge on any atom is 0.416 e. The summed E-state index contributed by atoms with van der Waals surface area (Å²) in [7, 11) is 0. The van der Waals surface area contributed by atoms with Crippen molar-refractivity contribution < 1.29 is 22.4 Å². The summed E-state index contributed by atoms with van der Waals surface area (Å²) in [4.78, 5) is 18.5. The lowest BCUT2D eigenvalue weighted by Crippen LogP contribution is -2.41. The van der Waals surface area contributed by atoms with E-state index in [-0.39, 0.29) is 11.9 Å². The highest BCUT2D eigenvalue weighted by Crippen LogP contribution is 2.49. The third-order valence-corrected chi connectivity index (χ3v) is 10.7. The molecule has 41 heavy (non-hydrogen) atoms. The van der Waals surface area contributed by atoms with Gasteiger partial charge in [-0.05, 0) is 107 Å². The van der Waals surface area contributed by atoms with Gasteiger partial charge in [0.2, 0.25) is 0 Å². The largest absolute Gasteiger partial charge is 0.456 e. The van der Waals surface area contributed by atoms with Crippen LogP contribution in [0, 0.1) is 11.8 Å². The number of hydrogen-bond acceptors (Lipinski definition) is 5. The summed E-state index contributed by atoms with van der Waals surface area (Å²) in [6.45, 7) is 3.52. The molecule has 3 heterocycles. The van der Waals surface area contributed by atoms with Crippen molar-refractivity contribution >= 4 is 40.3 Å². The Balaban J connectivity index is 1.19. The van der Waals surface area contributed by atoms with E-state index in [4.69, 9.17) is 16.6 Å². The number of halogens is 3. The molecule has 0 radical (unpaired) electrons. The van der Waals surface area contributed by atoms with Crippen molar-refractivity contribution in [1.82, 2.24) is 9.80 Å². The van der Waals surface area contributed by atoms with Crippen molar-refractivity contribution in [3.8, 4) is 11.3 Å². The van der Waals surface area contributed by atoms with Crippen LogP contribution >= 0.6 is 24.0 Å². The van der Waals surface area contributed by atoms with Crippen molar-refractivity contribution in [2.24, 2.45) is 11.8 Å². The molecule has 4 nitrogen and oxygen atoms in total. The number of piperidine rings is 1. The quantitative estimate of drug-likeness (QED) is 0.163. The van der Waals surface area contributed by atoms with Crippen molar-refractivity contribution in [3.05, 3.63) is 52.1 Å². The molecule has 220 valence electrons. The molecule has 2 saturated heterocycles. The van der Waals surface area contributed by atoms with E-state index in [2.05, 4.69) is 4.90 Å². The van der Waals surface area contributed by atoms with Crippen LogP contribution in [0.2, 0.25) is 0 Å². The lowest BCUT2D eigenvalue weighted by atomic mass is 9.94. The second kappa shape index (κ2) is 12.3. The number of rotatable bonds is 9. The third-order valence-electron chi connectivity index (χ3n) is 9.33. The monoisotopic (exact) mass is 602 g/mol. The smallest absolute Gasteiger partial charge is 0.416 e. The van der Waals surface area contributed by atoms with Gasteiger partial charge in [0.1, 0.15) is 15.8 Å². The molecule has 0 N–H and O–H groups in total. The molecule has 4 aliphatic rings. The Morgan fingerprint density at radius 2 is 1.80 bits per heavy atom. The van der Waals surface area contributed by atoms with Crippen LogP contribution in [0.3, 0.4) is 0 Å². The van der Waals surface area contributed by atoms with Gasteiger partial charge < -0.3 is 9.32 Å². The van der Waals surface area contributed by atoms with E-state index < -0.39 is 11.7 Å². The minimum atomic E-state index is -4.39.